The number of nitrogens with one attached hydrogen (secondary N) is 1. The second kappa shape index (κ2) is 4.25. The fraction of sp³-hybridized carbons (Fsp3) is 0.647. The van der Waals surface area contributed by atoms with Gasteiger partial charge in [-0.05, 0) is 66.7 Å². The molecule has 2 aliphatic carbocycles. The Labute approximate surface area is 125 Å². The third-order valence-corrected chi connectivity index (χ3v) is 6.63. The highest BCUT2D eigenvalue weighted by molar-refractivity contribution is 9.10. The number of hydrogen-bond donors (Lipinski definition) is 1. The van der Waals surface area contributed by atoms with Gasteiger partial charge in [0.15, 0.2) is 0 Å². The van der Waals surface area contributed by atoms with Gasteiger partial charge in [-0.3, -0.25) is 0 Å². The van der Waals surface area contributed by atoms with Crippen LogP contribution >= 0.6 is 15.9 Å². The van der Waals surface area contributed by atoms with Gasteiger partial charge in [0, 0.05) is 16.2 Å². The summed E-state index contributed by atoms with van der Waals surface area (Å²) < 4.78 is 1.19. The van der Waals surface area contributed by atoms with Gasteiger partial charge < -0.3 is 5.32 Å². The van der Waals surface area contributed by atoms with Crippen molar-refractivity contribution >= 4 is 21.6 Å². The molecule has 1 aromatic carbocycles. The van der Waals surface area contributed by atoms with Crippen molar-refractivity contribution < 1.29 is 0 Å². The lowest BCUT2D eigenvalue weighted by Crippen LogP contribution is -2.45. The third kappa shape index (κ3) is 2.03. The van der Waals surface area contributed by atoms with Crippen LogP contribution in [-0.4, -0.2) is 6.04 Å². The first kappa shape index (κ1) is 13.5. The first-order chi connectivity index (χ1) is 8.83. The summed E-state index contributed by atoms with van der Waals surface area (Å²) in [6.45, 7) is 9.53. The molecule has 2 fully saturated rings. The van der Waals surface area contributed by atoms with Gasteiger partial charge in [-0.2, -0.15) is 0 Å². The average Bonchev–Trinajstić information content (AvgIpc) is 2.80. The largest absolute Gasteiger partial charge is 0.381 e. The monoisotopic (exact) mass is 321 g/mol. The Bertz CT molecular complexity index is 503. The van der Waals surface area contributed by atoms with E-state index < -0.39 is 0 Å². The first-order valence-corrected chi connectivity index (χ1v) is 8.15. The van der Waals surface area contributed by atoms with E-state index >= 15 is 0 Å². The molecule has 1 aromatic rings. The first-order valence-electron chi connectivity index (χ1n) is 7.36. The SMILES string of the molecule is Cc1cc(NC2C(C)(C)[C@H]3CC[C@]2(C)C3)ccc1Br. The number of anilines is 1. The summed E-state index contributed by atoms with van der Waals surface area (Å²) in [5.74, 6) is 0.895. The molecule has 0 aromatic heterocycles. The maximum absolute atomic E-state index is 3.85. The second-order valence-corrected chi connectivity index (χ2v) is 8.31. The van der Waals surface area contributed by atoms with Crippen molar-refractivity contribution in [3.05, 3.63) is 28.2 Å². The average molecular weight is 322 g/mol. The lowest BCUT2D eigenvalue weighted by molar-refractivity contribution is 0.155. The number of benzene rings is 1. The van der Waals surface area contributed by atoms with Crippen molar-refractivity contribution in [1.82, 2.24) is 0 Å². The lowest BCUT2D eigenvalue weighted by Gasteiger charge is -2.43. The molecule has 0 heterocycles. The van der Waals surface area contributed by atoms with Crippen LogP contribution in [0.15, 0.2) is 22.7 Å². The zero-order valence-corrected chi connectivity index (χ0v) is 14.0. The highest BCUT2D eigenvalue weighted by Gasteiger charge is 2.59. The predicted octanol–water partition coefficient (Wildman–Crippen LogP) is 5.38. The molecule has 19 heavy (non-hydrogen) atoms. The van der Waals surface area contributed by atoms with E-state index in [1.165, 1.54) is 35.0 Å². The van der Waals surface area contributed by atoms with Crippen molar-refractivity contribution in [3.8, 4) is 0 Å². The van der Waals surface area contributed by atoms with E-state index in [1.54, 1.807) is 0 Å². The minimum Gasteiger partial charge on any atom is -0.381 e. The summed E-state index contributed by atoms with van der Waals surface area (Å²) in [7, 11) is 0. The summed E-state index contributed by atoms with van der Waals surface area (Å²) in [6, 6.07) is 7.21. The molecule has 1 nitrogen and oxygen atoms in total. The minimum absolute atomic E-state index is 0.411. The van der Waals surface area contributed by atoms with Crippen LogP contribution in [0.4, 0.5) is 5.69 Å². The van der Waals surface area contributed by atoms with Crippen LogP contribution in [0.5, 0.6) is 0 Å². The van der Waals surface area contributed by atoms with E-state index in [0.717, 1.165) is 5.92 Å². The molecule has 104 valence electrons. The van der Waals surface area contributed by atoms with Gasteiger partial charge in [0.1, 0.15) is 0 Å². The molecule has 2 saturated carbocycles. The Hall–Kier alpha value is -0.500. The normalized spacial score (nSPS) is 35.6. The highest BCUT2D eigenvalue weighted by atomic mass is 79.9. The fourth-order valence-electron chi connectivity index (χ4n) is 4.56. The molecule has 2 aliphatic rings. The van der Waals surface area contributed by atoms with Crippen LogP contribution < -0.4 is 5.32 Å². The van der Waals surface area contributed by atoms with Crippen molar-refractivity contribution in [2.24, 2.45) is 16.7 Å². The summed E-state index contributed by atoms with van der Waals surface area (Å²) in [4.78, 5) is 0. The van der Waals surface area contributed by atoms with Gasteiger partial charge in [-0.25, -0.2) is 0 Å². The number of aryl methyl sites for hydroxylation is 1. The van der Waals surface area contributed by atoms with Gasteiger partial charge in [0.05, 0.1) is 0 Å². The van der Waals surface area contributed by atoms with Gasteiger partial charge in [-0.1, -0.05) is 36.7 Å². The Balaban J connectivity index is 1.88. The molecule has 0 saturated heterocycles. The van der Waals surface area contributed by atoms with Crippen LogP contribution in [0.25, 0.3) is 0 Å². The smallest absolute Gasteiger partial charge is 0.0368 e. The molecule has 0 radical (unpaired) electrons. The third-order valence-electron chi connectivity index (χ3n) is 5.74. The second-order valence-electron chi connectivity index (χ2n) is 7.46. The maximum Gasteiger partial charge on any atom is 0.0368 e. The molecule has 0 spiro atoms. The predicted molar refractivity (Wildman–Crippen MR) is 85.5 cm³/mol. The van der Waals surface area contributed by atoms with Crippen molar-refractivity contribution in [2.75, 3.05) is 5.32 Å². The van der Waals surface area contributed by atoms with Gasteiger partial charge >= 0.3 is 0 Å². The van der Waals surface area contributed by atoms with Gasteiger partial charge in [0.25, 0.3) is 0 Å². The molecule has 3 atom stereocenters. The quantitative estimate of drug-likeness (QED) is 0.770. The Morgan fingerprint density at radius 1 is 1.26 bits per heavy atom. The Kier molecular flexibility index (Phi) is 3.01. The minimum atomic E-state index is 0.411. The molecule has 1 N–H and O–H groups in total. The van der Waals surface area contributed by atoms with E-state index in [9.17, 15) is 0 Å². The van der Waals surface area contributed by atoms with E-state index in [-0.39, 0.29) is 0 Å². The van der Waals surface area contributed by atoms with Crippen LogP contribution in [0, 0.1) is 23.7 Å². The van der Waals surface area contributed by atoms with Crippen molar-refractivity contribution in [2.45, 2.75) is 53.0 Å². The molecule has 2 bridgehead atoms. The molecule has 3 rings (SSSR count). The Morgan fingerprint density at radius 2 is 2.00 bits per heavy atom. The van der Waals surface area contributed by atoms with Crippen LogP contribution in [0.3, 0.4) is 0 Å². The number of halogens is 1. The molecule has 0 amide bonds. The standard InChI is InChI=1S/C17H24BrN/c1-11-9-13(5-6-14(11)18)19-15-16(2,3)12-7-8-17(15,4)10-12/h5-6,9,12,15,19H,7-8,10H2,1-4H3/t12-,15?,17+/m0/s1. The van der Waals surface area contributed by atoms with Gasteiger partial charge in [0.2, 0.25) is 0 Å². The zero-order chi connectivity index (χ0) is 13.8. The van der Waals surface area contributed by atoms with E-state index in [2.05, 4.69) is 67.1 Å². The van der Waals surface area contributed by atoms with Crippen molar-refractivity contribution in [3.63, 3.8) is 0 Å². The van der Waals surface area contributed by atoms with Crippen LogP contribution in [0.2, 0.25) is 0 Å². The molecular weight excluding hydrogens is 298 g/mol. The fourth-order valence-corrected chi connectivity index (χ4v) is 4.81. The summed E-state index contributed by atoms with van der Waals surface area (Å²) in [5.41, 5.74) is 3.46. The molecule has 0 aliphatic heterocycles. The molecular formula is C17H24BrN. The summed E-state index contributed by atoms with van der Waals surface area (Å²) >= 11 is 3.58. The van der Waals surface area contributed by atoms with Gasteiger partial charge in [-0.15, -0.1) is 0 Å². The van der Waals surface area contributed by atoms with Crippen molar-refractivity contribution in [1.29, 1.82) is 0 Å². The highest BCUT2D eigenvalue weighted by Crippen LogP contribution is 2.63. The summed E-state index contributed by atoms with van der Waals surface area (Å²) in [5, 5.41) is 3.85. The number of fused-ring (bicyclic) bond motifs is 2. The van der Waals surface area contributed by atoms with Crippen LogP contribution in [0.1, 0.15) is 45.6 Å². The molecule has 2 heteroatoms. The lowest BCUT2D eigenvalue weighted by atomic mass is 9.68. The van der Waals surface area contributed by atoms with Crippen LogP contribution in [-0.2, 0) is 0 Å². The van der Waals surface area contributed by atoms with E-state index in [4.69, 9.17) is 0 Å². The van der Waals surface area contributed by atoms with E-state index in [1.807, 2.05) is 0 Å². The summed E-state index contributed by atoms with van der Waals surface area (Å²) in [6.07, 6.45) is 4.20. The topological polar surface area (TPSA) is 12.0 Å². The Morgan fingerprint density at radius 3 is 2.58 bits per heavy atom. The zero-order valence-electron chi connectivity index (χ0n) is 12.4. The number of rotatable bonds is 2. The molecule has 1 unspecified atom stereocenters. The number of hydrogen-bond acceptors (Lipinski definition) is 1. The maximum atomic E-state index is 3.85. The van der Waals surface area contributed by atoms with E-state index in [0.29, 0.717) is 16.9 Å².